The van der Waals surface area contributed by atoms with Gasteiger partial charge in [0.15, 0.2) is 5.60 Å². The summed E-state index contributed by atoms with van der Waals surface area (Å²) < 4.78 is 15.8. The molecule has 0 bridgehead atoms. The van der Waals surface area contributed by atoms with Crippen LogP contribution in [-0.2, 0) is 30.3 Å². The highest BCUT2D eigenvalue weighted by Crippen LogP contribution is 2.34. The molecule has 0 saturated carbocycles. The Morgan fingerprint density at radius 3 is 1.97 bits per heavy atom. The Labute approximate surface area is 186 Å². The number of hydrogen-bond donors (Lipinski definition) is 0. The van der Waals surface area contributed by atoms with E-state index in [4.69, 9.17) is 14.2 Å². The van der Waals surface area contributed by atoms with Crippen LogP contribution in [0.5, 0.6) is 5.75 Å². The van der Waals surface area contributed by atoms with E-state index in [2.05, 4.69) is 0 Å². The van der Waals surface area contributed by atoms with E-state index in [9.17, 15) is 14.4 Å². The van der Waals surface area contributed by atoms with Gasteiger partial charge in [0.2, 0.25) is 0 Å². The fourth-order valence-corrected chi connectivity index (χ4v) is 3.83. The molecule has 1 aromatic carbocycles. The van der Waals surface area contributed by atoms with Crippen molar-refractivity contribution in [2.45, 2.75) is 85.2 Å². The van der Waals surface area contributed by atoms with Crippen LogP contribution in [0, 0.1) is 5.41 Å². The maximum absolute atomic E-state index is 13.0. The normalized spacial score (nSPS) is 11.7. The number of carbonyl (C=O) groups excluding carboxylic acids is 3. The molecule has 0 spiro atoms. The summed E-state index contributed by atoms with van der Waals surface area (Å²) >= 11 is 0. The Morgan fingerprint density at radius 1 is 0.903 bits per heavy atom. The number of hydrogen-bond acceptors (Lipinski definition) is 6. The highest BCUT2D eigenvalue weighted by atomic mass is 16.6. The maximum atomic E-state index is 13.0. The molecule has 0 unspecified atom stereocenters. The number of methoxy groups -OCH3 is 1. The van der Waals surface area contributed by atoms with Crippen LogP contribution in [0.3, 0.4) is 0 Å². The van der Waals surface area contributed by atoms with Crippen molar-refractivity contribution >= 4 is 17.7 Å². The summed E-state index contributed by atoms with van der Waals surface area (Å²) in [5, 5.41) is 0. The lowest BCUT2D eigenvalue weighted by molar-refractivity contribution is -0.160. The van der Waals surface area contributed by atoms with Crippen molar-refractivity contribution in [3.05, 3.63) is 29.8 Å². The van der Waals surface area contributed by atoms with Gasteiger partial charge >= 0.3 is 11.9 Å². The van der Waals surface area contributed by atoms with E-state index in [0.29, 0.717) is 44.5 Å². The van der Waals surface area contributed by atoms with Crippen LogP contribution >= 0.6 is 0 Å². The van der Waals surface area contributed by atoms with Gasteiger partial charge in [0, 0.05) is 6.42 Å². The number of esters is 2. The second-order valence-corrected chi connectivity index (χ2v) is 8.33. The summed E-state index contributed by atoms with van der Waals surface area (Å²) in [4.78, 5) is 37.4. The highest BCUT2D eigenvalue weighted by Gasteiger charge is 2.44. The Hall–Kier alpha value is -2.37. The molecule has 0 aliphatic carbocycles. The van der Waals surface area contributed by atoms with Gasteiger partial charge in [0.05, 0.1) is 13.7 Å². The van der Waals surface area contributed by atoms with Gasteiger partial charge in [0.1, 0.15) is 16.9 Å². The molecule has 31 heavy (non-hydrogen) atoms. The molecule has 174 valence electrons. The van der Waals surface area contributed by atoms with Crippen molar-refractivity contribution in [1.29, 1.82) is 0 Å². The fraction of sp³-hybridized carbons (Fsp3) is 0.640. The molecule has 6 nitrogen and oxygen atoms in total. The zero-order valence-corrected chi connectivity index (χ0v) is 19.9. The number of benzene rings is 1. The van der Waals surface area contributed by atoms with Gasteiger partial charge in [-0.05, 0) is 64.2 Å². The van der Waals surface area contributed by atoms with Gasteiger partial charge in [-0.2, -0.15) is 0 Å². The Bertz CT molecular complexity index is 714. The number of rotatable bonds is 14. The zero-order chi connectivity index (χ0) is 23.5. The minimum Gasteiger partial charge on any atom is -0.476 e. The van der Waals surface area contributed by atoms with Gasteiger partial charge in [-0.25, -0.2) is 4.79 Å². The van der Waals surface area contributed by atoms with Crippen LogP contribution in [0.1, 0.15) is 78.7 Å². The van der Waals surface area contributed by atoms with Crippen molar-refractivity contribution < 1.29 is 28.6 Å². The first-order chi connectivity index (χ1) is 14.7. The quantitative estimate of drug-likeness (QED) is 0.301. The lowest BCUT2D eigenvalue weighted by atomic mass is 9.74. The second kappa shape index (κ2) is 12.5. The van der Waals surface area contributed by atoms with Crippen molar-refractivity contribution in [2.75, 3.05) is 13.7 Å². The van der Waals surface area contributed by atoms with Crippen LogP contribution in [0.25, 0.3) is 0 Å². The average molecular weight is 435 g/mol. The largest absolute Gasteiger partial charge is 0.476 e. The lowest BCUT2D eigenvalue weighted by Gasteiger charge is -2.29. The molecule has 6 heteroatoms. The topological polar surface area (TPSA) is 78.9 Å². The Kier molecular flexibility index (Phi) is 10.7. The maximum Gasteiger partial charge on any atom is 0.349 e. The van der Waals surface area contributed by atoms with E-state index in [1.807, 2.05) is 38.1 Å². The van der Waals surface area contributed by atoms with E-state index in [0.717, 1.165) is 18.4 Å². The summed E-state index contributed by atoms with van der Waals surface area (Å²) in [7, 11) is 1.35. The molecule has 0 atom stereocenters. The standard InChI is InChI=1S/C25H38O6/c1-7-17-25(18-8-2,23(28)29-6)21(26)12-10-11-19-13-15-20(16-14-19)31-24(4,5)22(27)30-9-3/h13-16H,7-12,17-18H2,1-6H3. The summed E-state index contributed by atoms with van der Waals surface area (Å²) in [6, 6.07) is 7.47. The van der Waals surface area contributed by atoms with E-state index in [1.54, 1.807) is 20.8 Å². The van der Waals surface area contributed by atoms with E-state index < -0.39 is 23.0 Å². The molecule has 0 amide bonds. The molecule has 0 fully saturated rings. The monoisotopic (exact) mass is 434 g/mol. The third-order valence-corrected chi connectivity index (χ3v) is 5.40. The van der Waals surface area contributed by atoms with Gasteiger partial charge in [-0.15, -0.1) is 0 Å². The predicted molar refractivity (Wildman–Crippen MR) is 120 cm³/mol. The minimum absolute atomic E-state index is 0.0285. The number of ketones is 1. The third-order valence-electron chi connectivity index (χ3n) is 5.40. The molecule has 0 aromatic heterocycles. The molecular weight excluding hydrogens is 396 g/mol. The summed E-state index contributed by atoms with van der Waals surface area (Å²) in [6.07, 6.45) is 4.25. The molecule has 1 aromatic rings. The van der Waals surface area contributed by atoms with Gasteiger partial charge < -0.3 is 14.2 Å². The summed E-state index contributed by atoms with van der Waals surface area (Å²) in [5.74, 6) is -0.273. The number of Topliss-reactive ketones (excluding diaryl/α,β-unsaturated/α-hetero) is 1. The van der Waals surface area contributed by atoms with Crippen LogP contribution < -0.4 is 4.74 Å². The molecule has 0 N–H and O–H groups in total. The van der Waals surface area contributed by atoms with Gasteiger partial charge in [0.25, 0.3) is 0 Å². The Balaban J connectivity index is 2.72. The van der Waals surface area contributed by atoms with Gasteiger partial charge in [-0.3, -0.25) is 9.59 Å². The Morgan fingerprint density at radius 2 is 1.48 bits per heavy atom. The molecule has 0 aliphatic rings. The molecular formula is C25H38O6. The zero-order valence-electron chi connectivity index (χ0n) is 19.9. The van der Waals surface area contributed by atoms with Crippen LogP contribution in [-0.4, -0.2) is 37.0 Å². The molecule has 0 aliphatic heterocycles. The van der Waals surface area contributed by atoms with Crippen molar-refractivity contribution in [3.8, 4) is 5.75 Å². The molecule has 1 rings (SSSR count). The highest BCUT2D eigenvalue weighted by molar-refractivity contribution is 6.03. The van der Waals surface area contributed by atoms with Crippen molar-refractivity contribution in [2.24, 2.45) is 5.41 Å². The summed E-state index contributed by atoms with van der Waals surface area (Å²) in [6.45, 7) is 9.36. The second-order valence-electron chi connectivity index (χ2n) is 8.33. The van der Waals surface area contributed by atoms with Crippen molar-refractivity contribution in [1.82, 2.24) is 0 Å². The van der Waals surface area contributed by atoms with Crippen LogP contribution in [0.2, 0.25) is 0 Å². The van der Waals surface area contributed by atoms with Gasteiger partial charge in [-0.1, -0.05) is 38.8 Å². The SMILES string of the molecule is CCCC(CCC)(C(=O)CCCc1ccc(OC(C)(C)C(=O)OCC)cc1)C(=O)OC. The first-order valence-corrected chi connectivity index (χ1v) is 11.2. The minimum atomic E-state index is -1.07. The fourth-order valence-electron chi connectivity index (χ4n) is 3.83. The smallest absolute Gasteiger partial charge is 0.349 e. The molecule has 0 heterocycles. The molecule has 0 radical (unpaired) electrons. The van der Waals surface area contributed by atoms with Crippen LogP contribution in [0.15, 0.2) is 24.3 Å². The van der Waals surface area contributed by atoms with Crippen molar-refractivity contribution in [3.63, 3.8) is 0 Å². The summed E-state index contributed by atoms with van der Waals surface area (Å²) in [5.41, 5.74) is -1.03. The lowest BCUT2D eigenvalue weighted by Crippen LogP contribution is -2.40. The first kappa shape index (κ1) is 26.7. The van der Waals surface area contributed by atoms with E-state index in [1.165, 1.54) is 7.11 Å². The number of aryl methyl sites for hydroxylation is 1. The van der Waals surface area contributed by atoms with E-state index >= 15 is 0 Å². The third kappa shape index (κ3) is 7.37. The van der Waals surface area contributed by atoms with E-state index in [-0.39, 0.29) is 5.78 Å². The number of ether oxygens (including phenoxy) is 3. The predicted octanol–water partition coefficient (Wildman–Crippen LogP) is 5.06. The van der Waals surface area contributed by atoms with Crippen LogP contribution in [0.4, 0.5) is 0 Å². The number of carbonyl (C=O) groups is 3. The average Bonchev–Trinajstić information content (AvgIpc) is 2.74. The molecule has 0 saturated heterocycles. The first-order valence-electron chi connectivity index (χ1n) is 11.2.